The van der Waals surface area contributed by atoms with Crippen LogP contribution in [0.2, 0.25) is 0 Å². The number of carbonyl (C=O) groups excluding carboxylic acids is 1. The minimum Gasteiger partial charge on any atom is -0.483 e. The van der Waals surface area contributed by atoms with Crippen molar-refractivity contribution in [2.75, 3.05) is 11.1 Å². The maximum absolute atomic E-state index is 12.2. The Morgan fingerprint density at radius 1 is 1.27 bits per heavy atom. The SMILES string of the molecule is C=CCn1c(SCC(=O)Nc2nnc(C)s2)nnc1[C@H](C)Oc1ccc(C)c(C)c1. The summed E-state index contributed by atoms with van der Waals surface area (Å²) in [7, 11) is 0. The van der Waals surface area contributed by atoms with Gasteiger partial charge in [0.25, 0.3) is 0 Å². The minimum absolute atomic E-state index is 0.176. The maximum Gasteiger partial charge on any atom is 0.236 e. The van der Waals surface area contributed by atoms with Crippen LogP contribution in [-0.2, 0) is 11.3 Å². The lowest BCUT2D eigenvalue weighted by atomic mass is 10.1. The molecule has 30 heavy (non-hydrogen) atoms. The summed E-state index contributed by atoms with van der Waals surface area (Å²) in [5, 5.41) is 21.0. The molecule has 0 bridgehead atoms. The van der Waals surface area contributed by atoms with E-state index >= 15 is 0 Å². The van der Waals surface area contributed by atoms with E-state index in [0.717, 1.165) is 10.8 Å². The molecule has 0 spiro atoms. The van der Waals surface area contributed by atoms with Crippen molar-refractivity contribution >= 4 is 34.1 Å². The third kappa shape index (κ3) is 5.45. The highest BCUT2D eigenvalue weighted by molar-refractivity contribution is 7.99. The van der Waals surface area contributed by atoms with Crippen LogP contribution in [-0.4, -0.2) is 36.6 Å². The monoisotopic (exact) mass is 444 g/mol. The van der Waals surface area contributed by atoms with Gasteiger partial charge in [0, 0.05) is 6.54 Å². The Morgan fingerprint density at radius 3 is 2.73 bits per heavy atom. The Morgan fingerprint density at radius 2 is 2.07 bits per heavy atom. The molecule has 0 saturated carbocycles. The molecule has 2 aromatic heterocycles. The van der Waals surface area contributed by atoms with Gasteiger partial charge >= 0.3 is 0 Å². The zero-order chi connectivity index (χ0) is 21.7. The highest BCUT2D eigenvalue weighted by atomic mass is 32.2. The van der Waals surface area contributed by atoms with Crippen LogP contribution < -0.4 is 10.1 Å². The Hall–Kier alpha value is -2.72. The fourth-order valence-electron chi connectivity index (χ4n) is 2.68. The molecule has 0 aliphatic carbocycles. The molecule has 3 rings (SSSR count). The normalized spacial score (nSPS) is 11.9. The minimum atomic E-state index is -0.313. The predicted molar refractivity (Wildman–Crippen MR) is 119 cm³/mol. The first-order chi connectivity index (χ1) is 14.4. The van der Waals surface area contributed by atoms with Crippen LogP contribution in [0.15, 0.2) is 36.0 Å². The fraction of sp³-hybridized carbons (Fsp3) is 0.350. The van der Waals surface area contributed by atoms with E-state index in [0.29, 0.717) is 22.7 Å². The van der Waals surface area contributed by atoms with Crippen molar-refractivity contribution in [1.29, 1.82) is 0 Å². The number of anilines is 1. The number of carbonyl (C=O) groups is 1. The van der Waals surface area contributed by atoms with E-state index in [2.05, 4.69) is 46.1 Å². The average molecular weight is 445 g/mol. The van der Waals surface area contributed by atoms with Gasteiger partial charge in [-0.2, -0.15) is 0 Å². The standard InChI is InChI=1S/C20H24N6O2S2/c1-6-9-26-18(14(4)28-16-8-7-12(2)13(3)10-16)23-25-20(26)29-11-17(27)21-19-24-22-15(5)30-19/h6-8,10,14H,1,9,11H2,2-5H3,(H,21,24,27)/t14-/m0/s1. The van der Waals surface area contributed by atoms with Gasteiger partial charge in [0.2, 0.25) is 11.0 Å². The van der Waals surface area contributed by atoms with Gasteiger partial charge in [-0.05, 0) is 51.0 Å². The number of thioether (sulfide) groups is 1. The Kier molecular flexibility index (Phi) is 7.22. The molecule has 0 aliphatic rings. The second-order valence-corrected chi connectivity index (χ2v) is 8.83. The molecule has 1 amide bonds. The smallest absolute Gasteiger partial charge is 0.236 e. The summed E-state index contributed by atoms with van der Waals surface area (Å²) in [4.78, 5) is 12.2. The topological polar surface area (TPSA) is 94.8 Å². The number of rotatable bonds is 9. The third-order valence-corrected chi connectivity index (χ3v) is 6.04. The number of benzene rings is 1. The Labute approximate surface area is 183 Å². The fourth-order valence-corrected chi connectivity index (χ4v) is 4.05. The van der Waals surface area contributed by atoms with Crippen LogP contribution in [0.5, 0.6) is 5.75 Å². The first-order valence-electron chi connectivity index (χ1n) is 9.38. The molecule has 1 N–H and O–H groups in total. The number of amides is 1. The summed E-state index contributed by atoms with van der Waals surface area (Å²) in [6, 6.07) is 5.99. The van der Waals surface area contributed by atoms with Crippen LogP contribution in [0.3, 0.4) is 0 Å². The van der Waals surface area contributed by atoms with Crippen LogP contribution >= 0.6 is 23.1 Å². The van der Waals surface area contributed by atoms with Crippen LogP contribution in [0.1, 0.15) is 35.0 Å². The van der Waals surface area contributed by atoms with E-state index in [1.165, 1.54) is 34.2 Å². The molecule has 10 heteroatoms. The number of aryl methyl sites for hydroxylation is 3. The number of nitrogens with one attached hydrogen (secondary N) is 1. The molecule has 8 nitrogen and oxygen atoms in total. The lowest BCUT2D eigenvalue weighted by molar-refractivity contribution is -0.113. The number of hydrogen-bond acceptors (Lipinski definition) is 8. The second kappa shape index (κ2) is 9.86. The highest BCUT2D eigenvalue weighted by Gasteiger charge is 2.20. The Bertz CT molecular complexity index is 1050. The molecule has 0 fully saturated rings. The number of allylic oxidation sites excluding steroid dienone is 1. The molecule has 2 heterocycles. The predicted octanol–water partition coefficient (Wildman–Crippen LogP) is 4.11. The molecule has 0 saturated heterocycles. The molecule has 0 unspecified atom stereocenters. The van der Waals surface area contributed by atoms with Crippen molar-refractivity contribution in [3.05, 3.63) is 52.8 Å². The largest absolute Gasteiger partial charge is 0.483 e. The molecule has 0 radical (unpaired) electrons. The van der Waals surface area contributed by atoms with Crippen molar-refractivity contribution in [1.82, 2.24) is 25.0 Å². The van der Waals surface area contributed by atoms with Gasteiger partial charge in [-0.25, -0.2) is 0 Å². The summed E-state index contributed by atoms with van der Waals surface area (Å²) >= 11 is 2.63. The van der Waals surface area contributed by atoms with E-state index in [9.17, 15) is 4.79 Å². The molecule has 0 aliphatic heterocycles. The summed E-state index contributed by atoms with van der Waals surface area (Å²) in [6.07, 6.45) is 1.45. The first-order valence-corrected chi connectivity index (χ1v) is 11.2. The average Bonchev–Trinajstić information content (AvgIpc) is 3.29. The van der Waals surface area contributed by atoms with E-state index in [1.807, 2.05) is 36.6 Å². The second-order valence-electron chi connectivity index (χ2n) is 6.71. The lowest BCUT2D eigenvalue weighted by Gasteiger charge is -2.16. The van der Waals surface area contributed by atoms with E-state index < -0.39 is 0 Å². The van der Waals surface area contributed by atoms with Gasteiger partial charge in [-0.1, -0.05) is 35.2 Å². The summed E-state index contributed by atoms with van der Waals surface area (Å²) < 4.78 is 7.99. The third-order valence-electron chi connectivity index (χ3n) is 4.32. The summed E-state index contributed by atoms with van der Waals surface area (Å²) in [5.41, 5.74) is 2.38. The quantitative estimate of drug-likeness (QED) is 0.392. The lowest BCUT2D eigenvalue weighted by Crippen LogP contribution is -2.15. The molecule has 3 aromatic rings. The first kappa shape index (κ1) is 22.0. The molecule has 1 aromatic carbocycles. The highest BCUT2D eigenvalue weighted by Crippen LogP contribution is 2.26. The zero-order valence-corrected chi connectivity index (χ0v) is 19.0. The summed E-state index contributed by atoms with van der Waals surface area (Å²) in [6.45, 7) is 12.2. The van der Waals surface area contributed by atoms with E-state index in [-0.39, 0.29) is 17.8 Å². The van der Waals surface area contributed by atoms with Crippen molar-refractivity contribution in [2.45, 2.75) is 45.5 Å². The van der Waals surface area contributed by atoms with Gasteiger partial charge in [-0.15, -0.1) is 27.0 Å². The van der Waals surface area contributed by atoms with Gasteiger partial charge in [0.1, 0.15) is 10.8 Å². The van der Waals surface area contributed by atoms with E-state index in [1.54, 1.807) is 6.08 Å². The molecular weight excluding hydrogens is 420 g/mol. The van der Waals surface area contributed by atoms with Crippen molar-refractivity contribution in [2.24, 2.45) is 0 Å². The van der Waals surface area contributed by atoms with Crippen LogP contribution in [0.25, 0.3) is 0 Å². The van der Waals surface area contributed by atoms with Crippen LogP contribution in [0.4, 0.5) is 5.13 Å². The summed E-state index contributed by atoms with van der Waals surface area (Å²) in [5.74, 6) is 1.46. The molecule has 158 valence electrons. The molecule has 1 atom stereocenters. The number of ether oxygens (including phenoxy) is 1. The van der Waals surface area contributed by atoms with Gasteiger partial charge < -0.3 is 4.74 Å². The van der Waals surface area contributed by atoms with Gasteiger partial charge in [-0.3, -0.25) is 14.7 Å². The van der Waals surface area contributed by atoms with E-state index in [4.69, 9.17) is 4.74 Å². The maximum atomic E-state index is 12.2. The van der Waals surface area contributed by atoms with Crippen LogP contribution in [0, 0.1) is 20.8 Å². The van der Waals surface area contributed by atoms with Crippen molar-refractivity contribution in [3.8, 4) is 5.75 Å². The van der Waals surface area contributed by atoms with Gasteiger partial charge in [0.05, 0.1) is 5.75 Å². The van der Waals surface area contributed by atoms with Crippen molar-refractivity contribution < 1.29 is 9.53 Å². The Balaban J connectivity index is 1.68. The van der Waals surface area contributed by atoms with Gasteiger partial charge in [0.15, 0.2) is 17.1 Å². The number of nitrogens with zero attached hydrogens (tertiary/aromatic N) is 5. The number of aromatic nitrogens is 5. The van der Waals surface area contributed by atoms with Crippen molar-refractivity contribution in [3.63, 3.8) is 0 Å². The molecular formula is C20H24N6O2S2. The number of hydrogen-bond donors (Lipinski definition) is 1. The zero-order valence-electron chi connectivity index (χ0n) is 17.4.